The number of imidazole rings is 1. The van der Waals surface area contributed by atoms with Crippen molar-refractivity contribution in [2.75, 3.05) is 0 Å². The lowest BCUT2D eigenvalue weighted by Gasteiger charge is -2.39. The smallest absolute Gasteiger partial charge is 0.117 e. The third kappa shape index (κ3) is 1.96. The average Bonchev–Trinajstić information content (AvgIpc) is 2.80. The SMILES string of the molecule is CCn1c(C2(C)CCCCC2N)nc2cc(C)ccc21. The lowest BCUT2D eigenvalue weighted by atomic mass is 9.71. The van der Waals surface area contributed by atoms with E-state index in [1.165, 1.54) is 29.7 Å². The third-order valence-electron chi connectivity index (χ3n) is 5.01. The molecule has 3 heteroatoms. The van der Waals surface area contributed by atoms with Crippen LogP contribution >= 0.6 is 0 Å². The highest BCUT2D eigenvalue weighted by atomic mass is 15.1. The van der Waals surface area contributed by atoms with Crippen LogP contribution in [0, 0.1) is 6.92 Å². The summed E-state index contributed by atoms with van der Waals surface area (Å²) in [5.41, 5.74) is 10.1. The molecule has 108 valence electrons. The fraction of sp³-hybridized carbons (Fsp3) is 0.588. The molecule has 2 aromatic rings. The van der Waals surface area contributed by atoms with E-state index < -0.39 is 0 Å². The van der Waals surface area contributed by atoms with Gasteiger partial charge in [-0.15, -0.1) is 0 Å². The molecule has 3 rings (SSSR count). The Hall–Kier alpha value is -1.35. The first-order chi connectivity index (χ1) is 9.56. The van der Waals surface area contributed by atoms with Crippen molar-refractivity contribution < 1.29 is 0 Å². The minimum atomic E-state index is 0.0151. The third-order valence-corrected chi connectivity index (χ3v) is 5.01. The summed E-state index contributed by atoms with van der Waals surface area (Å²) in [6.07, 6.45) is 4.78. The van der Waals surface area contributed by atoms with Crippen molar-refractivity contribution in [2.24, 2.45) is 5.73 Å². The Bertz CT molecular complexity index is 628. The number of hydrogen-bond acceptors (Lipinski definition) is 2. The Labute approximate surface area is 121 Å². The van der Waals surface area contributed by atoms with E-state index in [2.05, 4.69) is 43.5 Å². The van der Waals surface area contributed by atoms with Crippen molar-refractivity contribution in [1.82, 2.24) is 9.55 Å². The van der Waals surface area contributed by atoms with Gasteiger partial charge in [0.25, 0.3) is 0 Å². The van der Waals surface area contributed by atoms with E-state index in [-0.39, 0.29) is 11.5 Å². The highest BCUT2D eigenvalue weighted by molar-refractivity contribution is 5.77. The van der Waals surface area contributed by atoms with Crippen molar-refractivity contribution in [3.63, 3.8) is 0 Å². The van der Waals surface area contributed by atoms with Gasteiger partial charge < -0.3 is 10.3 Å². The maximum atomic E-state index is 6.47. The van der Waals surface area contributed by atoms with Gasteiger partial charge in [-0.1, -0.05) is 25.8 Å². The number of hydrogen-bond donors (Lipinski definition) is 1. The summed E-state index contributed by atoms with van der Waals surface area (Å²) in [4.78, 5) is 4.97. The van der Waals surface area contributed by atoms with Crippen LogP contribution < -0.4 is 5.73 Å². The molecule has 1 aliphatic rings. The fourth-order valence-electron chi connectivity index (χ4n) is 3.63. The zero-order chi connectivity index (χ0) is 14.3. The quantitative estimate of drug-likeness (QED) is 0.908. The summed E-state index contributed by atoms with van der Waals surface area (Å²) in [5.74, 6) is 1.19. The van der Waals surface area contributed by atoms with Crippen LogP contribution in [0.5, 0.6) is 0 Å². The van der Waals surface area contributed by atoms with Crippen LogP contribution in [0.15, 0.2) is 18.2 Å². The van der Waals surface area contributed by atoms with Crippen LogP contribution in [0.2, 0.25) is 0 Å². The number of nitrogens with zero attached hydrogens (tertiary/aromatic N) is 2. The molecular formula is C17H25N3. The summed E-state index contributed by atoms with van der Waals surface area (Å²) >= 11 is 0. The molecule has 1 aromatic heterocycles. The van der Waals surface area contributed by atoms with Crippen molar-refractivity contribution in [1.29, 1.82) is 0 Å². The summed E-state index contributed by atoms with van der Waals surface area (Å²) in [6.45, 7) is 7.58. The van der Waals surface area contributed by atoms with Crippen LogP contribution in [-0.2, 0) is 12.0 Å². The summed E-state index contributed by atoms with van der Waals surface area (Å²) in [7, 11) is 0. The van der Waals surface area contributed by atoms with Crippen LogP contribution in [0.25, 0.3) is 11.0 Å². The first-order valence-corrected chi connectivity index (χ1v) is 7.79. The van der Waals surface area contributed by atoms with Gasteiger partial charge in [0.15, 0.2) is 0 Å². The molecular weight excluding hydrogens is 246 g/mol. The second kappa shape index (κ2) is 4.88. The van der Waals surface area contributed by atoms with Crippen LogP contribution in [0.1, 0.15) is 50.9 Å². The molecule has 3 nitrogen and oxygen atoms in total. The minimum Gasteiger partial charge on any atom is -0.328 e. The van der Waals surface area contributed by atoms with Gasteiger partial charge >= 0.3 is 0 Å². The molecule has 1 heterocycles. The molecule has 0 aliphatic heterocycles. The van der Waals surface area contributed by atoms with Gasteiger partial charge in [-0.3, -0.25) is 0 Å². The highest BCUT2D eigenvalue weighted by Gasteiger charge is 2.39. The van der Waals surface area contributed by atoms with Crippen molar-refractivity contribution in [3.05, 3.63) is 29.6 Å². The molecule has 0 bridgehead atoms. The van der Waals surface area contributed by atoms with Crippen LogP contribution in [0.3, 0.4) is 0 Å². The molecule has 0 radical (unpaired) electrons. The number of benzene rings is 1. The Morgan fingerprint density at radius 2 is 2.20 bits per heavy atom. The van der Waals surface area contributed by atoms with Gasteiger partial charge in [-0.2, -0.15) is 0 Å². The number of aromatic nitrogens is 2. The van der Waals surface area contributed by atoms with E-state index in [4.69, 9.17) is 10.7 Å². The van der Waals surface area contributed by atoms with Crippen LogP contribution in [0.4, 0.5) is 0 Å². The maximum Gasteiger partial charge on any atom is 0.117 e. The number of nitrogens with two attached hydrogens (primary N) is 1. The Morgan fingerprint density at radius 1 is 1.40 bits per heavy atom. The zero-order valence-corrected chi connectivity index (χ0v) is 12.8. The molecule has 1 fully saturated rings. The van der Waals surface area contributed by atoms with Crippen molar-refractivity contribution >= 4 is 11.0 Å². The molecule has 2 unspecified atom stereocenters. The van der Waals surface area contributed by atoms with Crippen molar-refractivity contribution in [2.45, 2.75) is 64.5 Å². The predicted molar refractivity (Wildman–Crippen MR) is 83.9 cm³/mol. The second-order valence-electron chi connectivity index (χ2n) is 6.44. The summed E-state index contributed by atoms with van der Waals surface area (Å²) in [5, 5.41) is 0. The highest BCUT2D eigenvalue weighted by Crippen LogP contribution is 2.39. The first-order valence-electron chi connectivity index (χ1n) is 7.79. The standard InChI is InChI=1S/C17H25N3/c1-4-20-14-9-8-12(2)11-13(14)19-16(20)17(3)10-6-5-7-15(17)18/h8-9,11,15H,4-7,10,18H2,1-3H3. The van der Waals surface area contributed by atoms with Gasteiger partial charge in [0.05, 0.1) is 11.0 Å². The Kier molecular flexibility index (Phi) is 3.33. The van der Waals surface area contributed by atoms with E-state index in [1.807, 2.05) is 0 Å². The Morgan fingerprint density at radius 3 is 2.90 bits per heavy atom. The minimum absolute atomic E-state index is 0.0151. The number of fused-ring (bicyclic) bond motifs is 1. The molecule has 1 aliphatic carbocycles. The van der Waals surface area contributed by atoms with E-state index >= 15 is 0 Å². The molecule has 1 saturated carbocycles. The zero-order valence-electron chi connectivity index (χ0n) is 12.8. The van der Waals surface area contributed by atoms with E-state index in [0.29, 0.717) is 0 Å². The molecule has 2 N–H and O–H groups in total. The second-order valence-corrected chi connectivity index (χ2v) is 6.44. The van der Waals surface area contributed by atoms with Gasteiger partial charge in [0, 0.05) is 18.0 Å². The van der Waals surface area contributed by atoms with Gasteiger partial charge in [0.1, 0.15) is 5.82 Å². The van der Waals surface area contributed by atoms with E-state index in [1.54, 1.807) is 0 Å². The van der Waals surface area contributed by atoms with Gasteiger partial charge in [-0.05, 0) is 44.4 Å². The molecule has 0 amide bonds. The summed E-state index contributed by atoms with van der Waals surface area (Å²) in [6, 6.07) is 6.77. The topological polar surface area (TPSA) is 43.8 Å². The summed E-state index contributed by atoms with van der Waals surface area (Å²) < 4.78 is 2.36. The number of rotatable bonds is 2. The largest absolute Gasteiger partial charge is 0.328 e. The molecule has 2 atom stereocenters. The van der Waals surface area contributed by atoms with Gasteiger partial charge in [-0.25, -0.2) is 4.98 Å². The monoisotopic (exact) mass is 271 g/mol. The van der Waals surface area contributed by atoms with E-state index in [0.717, 1.165) is 24.9 Å². The number of aryl methyl sites for hydroxylation is 2. The molecule has 1 aromatic carbocycles. The predicted octanol–water partition coefficient (Wildman–Crippen LogP) is 3.52. The normalized spacial score (nSPS) is 27.1. The van der Waals surface area contributed by atoms with Crippen LogP contribution in [-0.4, -0.2) is 15.6 Å². The first kappa shape index (κ1) is 13.6. The Balaban J connectivity index is 2.19. The van der Waals surface area contributed by atoms with E-state index in [9.17, 15) is 0 Å². The van der Waals surface area contributed by atoms with Gasteiger partial charge in [0.2, 0.25) is 0 Å². The maximum absolute atomic E-state index is 6.47. The van der Waals surface area contributed by atoms with Crippen molar-refractivity contribution in [3.8, 4) is 0 Å². The molecule has 20 heavy (non-hydrogen) atoms. The fourth-order valence-corrected chi connectivity index (χ4v) is 3.63. The molecule has 0 spiro atoms. The molecule has 0 saturated heterocycles. The lowest BCUT2D eigenvalue weighted by Crippen LogP contribution is -2.47. The average molecular weight is 271 g/mol. The lowest BCUT2D eigenvalue weighted by molar-refractivity contribution is 0.252.